The zero-order chi connectivity index (χ0) is 19.8. The second kappa shape index (κ2) is 7.24. The van der Waals surface area contributed by atoms with Crippen molar-refractivity contribution in [3.8, 4) is 11.3 Å². The predicted octanol–water partition coefficient (Wildman–Crippen LogP) is 3.15. The van der Waals surface area contributed by atoms with Crippen LogP contribution in [0, 0.1) is 6.92 Å². The van der Waals surface area contributed by atoms with Gasteiger partial charge in [-0.05, 0) is 13.0 Å². The number of carboxylic acid groups (broad SMARTS) is 1. The molecule has 0 bridgehead atoms. The average molecular weight is 388 g/mol. The van der Waals surface area contributed by atoms with Gasteiger partial charge in [-0.3, -0.25) is 4.68 Å². The first-order chi connectivity index (χ1) is 12.7. The molecule has 27 heavy (non-hydrogen) atoms. The monoisotopic (exact) mass is 387 g/mol. The number of hydrogen-bond acceptors (Lipinski definition) is 5. The molecule has 0 fully saturated rings. The lowest BCUT2D eigenvalue weighted by Gasteiger charge is -2.15. The zero-order valence-electron chi connectivity index (χ0n) is 16.4. The van der Waals surface area contributed by atoms with Crippen LogP contribution in [0.3, 0.4) is 0 Å². The Morgan fingerprint density at radius 3 is 2.63 bits per heavy atom. The van der Waals surface area contributed by atoms with Crippen molar-refractivity contribution in [1.29, 1.82) is 0 Å². The number of carbonyl (C=O) groups is 1. The lowest BCUT2D eigenvalue weighted by Crippen LogP contribution is -2.22. The normalized spacial score (nSPS) is 12.0. The SMILES string of the molecule is Cc1nn(C)cc1-c1cnc2c(n1)c(C(=O)O)cn2COCC[Si](C)(C)C. The molecule has 0 atom stereocenters. The van der Waals surface area contributed by atoms with E-state index in [0.29, 0.717) is 23.5 Å². The van der Waals surface area contributed by atoms with E-state index in [-0.39, 0.29) is 12.3 Å². The summed E-state index contributed by atoms with van der Waals surface area (Å²) >= 11 is 0. The quantitative estimate of drug-likeness (QED) is 0.494. The Balaban J connectivity index is 1.93. The summed E-state index contributed by atoms with van der Waals surface area (Å²) in [5, 5.41) is 13.9. The van der Waals surface area contributed by atoms with Crippen LogP contribution < -0.4 is 0 Å². The van der Waals surface area contributed by atoms with Crippen molar-refractivity contribution >= 4 is 25.2 Å². The lowest BCUT2D eigenvalue weighted by molar-refractivity contribution is 0.0696. The van der Waals surface area contributed by atoms with Gasteiger partial charge in [0.2, 0.25) is 0 Å². The molecule has 0 spiro atoms. The molecule has 0 amide bonds. The van der Waals surface area contributed by atoms with Gasteiger partial charge >= 0.3 is 5.97 Å². The van der Waals surface area contributed by atoms with E-state index in [2.05, 4.69) is 34.7 Å². The molecule has 0 saturated carbocycles. The molecule has 3 aromatic heterocycles. The molecule has 0 aliphatic carbocycles. The number of aromatic carboxylic acids is 1. The summed E-state index contributed by atoms with van der Waals surface area (Å²) in [6.45, 7) is 9.66. The number of hydrogen-bond donors (Lipinski definition) is 1. The van der Waals surface area contributed by atoms with E-state index < -0.39 is 14.0 Å². The summed E-state index contributed by atoms with van der Waals surface area (Å²) in [5.74, 6) is -1.03. The molecular formula is C18H25N5O3Si. The fourth-order valence-corrected chi connectivity index (χ4v) is 3.59. The van der Waals surface area contributed by atoms with Gasteiger partial charge in [-0.15, -0.1) is 0 Å². The first kappa shape index (κ1) is 19.2. The molecule has 0 unspecified atom stereocenters. The van der Waals surface area contributed by atoms with Crippen LogP contribution in [0.1, 0.15) is 16.1 Å². The Bertz CT molecular complexity index is 987. The maximum atomic E-state index is 11.7. The van der Waals surface area contributed by atoms with Crippen LogP contribution in [0.25, 0.3) is 22.4 Å². The molecule has 0 saturated heterocycles. The van der Waals surface area contributed by atoms with Crippen molar-refractivity contribution in [1.82, 2.24) is 24.3 Å². The highest BCUT2D eigenvalue weighted by atomic mass is 28.3. The minimum atomic E-state index is -1.17. The maximum Gasteiger partial charge on any atom is 0.339 e. The first-order valence-electron chi connectivity index (χ1n) is 8.83. The van der Waals surface area contributed by atoms with E-state index in [1.807, 2.05) is 20.2 Å². The van der Waals surface area contributed by atoms with Gasteiger partial charge in [0.25, 0.3) is 0 Å². The number of fused-ring (bicyclic) bond motifs is 1. The largest absolute Gasteiger partial charge is 0.478 e. The van der Waals surface area contributed by atoms with Crippen LogP contribution in [0.2, 0.25) is 25.7 Å². The zero-order valence-corrected chi connectivity index (χ0v) is 17.4. The van der Waals surface area contributed by atoms with E-state index in [1.54, 1.807) is 21.6 Å². The van der Waals surface area contributed by atoms with Crippen LogP contribution in [0.5, 0.6) is 0 Å². The second-order valence-electron chi connectivity index (χ2n) is 7.90. The van der Waals surface area contributed by atoms with Crippen molar-refractivity contribution in [2.45, 2.75) is 39.3 Å². The van der Waals surface area contributed by atoms with E-state index >= 15 is 0 Å². The first-order valence-corrected chi connectivity index (χ1v) is 12.5. The van der Waals surface area contributed by atoms with Crippen LogP contribution in [0.15, 0.2) is 18.6 Å². The van der Waals surface area contributed by atoms with Crippen LogP contribution in [0.4, 0.5) is 0 Å². The second-order valence-corrected chi connectivity index (χ2v) is 13.5. The Hall–Kier alpha value is -2.52. The van der Waals surface area contributed by atoms with Gasteiger partial charge in [0.15, 0.2) is 5.65 Å². The molecule has 144 valence electrons. The van der Waals surface area contributed by atoms with Crippen LogP contribution in [-0.2, 0) is 18.5 Å². The number of rotatable bonds is 7. The van der Waals surface area contributed by atoms with E-state index in [0.717, 1.165) is 17.3 Å². The number of nitrogens with zero attached hydrogens (tertiary/aromatic N) is 5. The summed E-state index contributed by atoms with van der Waals surface area (Å²) in [5.41, 5.74) is 3.24. The molecule has 8 nitrogen and oxygen atoms in total. The molecule has 9 heteroatoms. The Kier molecular flexibility index (Phi) is 5.16. The summed E-state index contributed by atoms with van der Waals surface area (Å²) in [6.07, 6.45) is 5.04. The average Bonchev–Trinajstić information content (AvgIpc) is 3.10. The number of carboxylic acids is 1. The van der Waals surface area contributed by atoms with E-state index in [1.165, 1.54) is 0 Å². The molecule has 3 rings (SSSR count). The number of aryl methyl sites for hydroxylation is 2. The third-order valence-corrected chi connectivity index (χ3v) is 6.02. The van der Waals surface area contributed by atoms with Crippen molar-refractivity contribution < 1.29 is 14.6 Å². The van der Waals surface area contributed by atoms with Gasteiger partial charge < -0.3 is 14.4 Å². The third-order valence-electron chi connectivity index (χ3n) is 4.31. The van der Waals surface area contributed by atoms with Crippen molar-refractivity contribution in [2.24, 2.45) is 7.05 Å². The van der Waals surface area contributed by atoms with Crippen molar-refractivity contribution in [3.05, 3.63) is 29.8 Å². The summed E-state index contributed by atoms with van der Waals surface area (Å²) < 4.78 is 9.16. The fraction of sp³-hybridized carbons (Fsp3) is 0.444. The van der Waals surface area contributed by atoms with Gasteiger partial charge in [0, 0.05) is 39.7 Å². The predicted molar refractivity (Wildman–Crippen MR) is 106 cm³/mol. The maximum absolute atomic E-state index is 11.7. The van der Waals surface area contributed by atoms with Crippen molar-refractivity contribution in [3.63, 3.8) is 0 Å². The van der Waals surface area contributed by atoms with Gasteiger partial charge in [0.1, 0.15) is 17.8 Å². The highest BCUT2D eigenvalue weighted by Crippen LogP contribution is 2.24. The standard InChI is InChI=1S/C18H25N5O3Si/c1-12-13(9-22(2)21-12)15-8-19-17-16(20-15)14(18(24)25)10-23(17)11-26-6-7-27(3,4)5/h8-10H,6-7,11H2,1-5H3,(H,24,25). The van der Waals surface area contributed by atoms with Gasteiger partial charge in [-0.25, -0.2) is 14.8 Å². The molecule has 0 radical (unpaired) electrons. The highest BCUT2D eigenvalue weighted by molar-refractivity contribution is 6.76. The Labute approximate surface area is 158 Å². The third kappa shape index (κ3) is 4.25. The Morgan fingerprint density at radius 2 is 2.04 bits per heavy atom. The lowest BCUT2D eigenvalue weighted by atomic mass is 10.2. The van der Waals surface area contributed by atoms with Crippen LogP contribution >= 0.6 is 0 Å². The molecule has 1 N–H and O–H groups in total. The van der Waals surface area contributed by atoms with Crippen LogP contribution in [-0.4, -0.2) is 50.1 Å². The smallest absolute Gasteiger partial charge is 0.339 e. The number of ether oxygens (including phenoxy) is 1. The van der Waals surface area contributed by atoms with Gasteiger partial charge in [-0.1, -0.05) is 19.6 Å². The molecule has 0 aliphatic heterocycles. The van der Waals surface area contributed by atoms with E-state index in [9.17, 15) is 9.90 Å². The summed E-state index contributed by atoms with van der Waals surface area (Å²) in [4.78, 5) is 20.7. The molecule has 3 aromatic rings. The summed E-state index contributed by atoms with van der Waals surface area (Å²) in [6, 6.07) is 1.05. The highest BCUT2D eigenvalue weighted by Gasteiger charge is 2.19. The minimum Gasteiger partial charge on any atom is -0.478 e. The van der Waals surface area contributed by atoms with Crippen molar-refractivity contribution in [2.75, 3.05) is 6.61 Å². The Morgan fingerprint density at radius 1 is 1.30 bits per heavy atom. The number of aromatic nitrogens is 5. The topological polar surface area (TPSA) is 95.1 Å². The summed E-state index contributed by atoms with van der Waals surface area (Å²) in [7, 11) is 0.658. The molecule has 0 aromatic carbocycles. The fourth-order valence-electron chi connectivity index (χ4n) is 2.83. The van der Waals surface area contributed by atoms with Gasteiger partial charge in [0.05, 0.1) is 17.6 Å². The molecular weight excluding hydrogens is 362 g/mol. The molecule has 3 heterocycles. The molecule has 0 aliphatic rings. The van der Waals surface area contributed by atoms with E-state index in [4.69, 9.17) is 4.74 Å². The van der Waals surface area contributed by atoms with Gasteiger partial charge in [-0.2, -0.15) is 5.10 Å². The minimum absolute atomic E-state index is 0.120.